The maximum absolute atomic E-state index is 12.3. The molecule has 2 heterocycles. The van der Waals surface area contributed by atoms with E-state index in [9.17, 15) is 9.59 Å². The van der Waals surface area contributed by atoms with Crippen molar-refractivity contribution >= 4 is 11.9 Å². The Bertz CT molecular complexity index is 774. The van der Waals surface area contributed by atoms with Crippen LogP contribution in [0.4, 0.5) is 0 Å². The molecule has 3 rings (SSSR count). The highest BCUT2D eigenvalue weighted by atomic mass is 16.5. The minimum Gasteiger partial charge on any atom is -0.449 e. The number of esters is 1. The van der Waals surface area contributed by atoms with E-state index in [1.165, 1.54) is 0 Å². The summed E-state index contributed by atoms with van der Waals surface area (Å²) in [6.07, 6.45) is 1.27. The van der Waals surface area contributed by atoms with E-state index < -0.39 is 12.1 Å². The van der Waals surface area contributed by atoms with E-state index in [1.807, 2.05) is 36.7 Å². The number of benzene rings is 1. The van der Waals surface area contributed by atoms with Gasteiger partial charge < -0.3 is 9.64 Å². The molecule has 0 aliphatic carbocycles. The van der Waals surface area contributed by atoms with E-state index in [4.69, 9.17) is 4.74 Å². The van der Waals surface area contributed by atoms with Crippen molar-refractivity contribution in [2.75, 3.05) is 13.1 Å². The number of amides is 1. The van der Waals surface area contributed by atoms with Crippen molar-refractivity contribution in [2.24, 2.45) is 0 Å². The predicted octanol–water partition coefficient (Wildman–Crippen LogP) is 2.66. The Morgan fingerprint density at radius 1 is 1.12 bits per heavy atom. The van der Waals surface area contributed by atoms with E-state index in [0.29, 0.717) is 5.56 Å². The van der Waals surface area contributed by atoms with Gasteiger partial charge in [-0.3, -0.25) is 4.79 Å². The fourth-order valence-corrected chi connectivity index (χ4v) is 3.10. The van der Waals surface area contributed by atoms with Gasteiger partial charge in [0.15, 0.2) is 6.10 Å². The minimum atomic E-state index is -0.763. The van der Waals surface area contributed by atoms with E-state index in [2.05, 4.69) is 5.10 Å². The number of hydrogen-bond acceptors (Lipinski definition) is 4. The first-order chi connectivity index (χ1) is 12.0. The summed E-state index contributed by atoms with van der Waals surface area (Å²) >= 11 is 0. The fourth-order valence-electron chi connectivity index (χ4n) is 3.10. The van der Waals surface area contributed by atoms with Crippen LogP contribution in [-0.2, 0) is 9.53 Å². The monoisotopic (exact) mass is 341 g/mol. The van der Waals surface area contributed by atoms with Crippen molar-refractivity contribution < 1.29 is 14.3 Å². The van der Waals surface area contributed by atoms with Crippen LogP contribution in [0.3, 0.4) is 0 Å². The summed E-state index contributed by atoms with van der Waals surface area (Å²) in [5.41, 5.74) is 3.27. The van der Waals surface area contributed by atoms with Crippen molar-refractivity contribution in [3.8, 4) is 5.69 Å². The predicted molar refractivity (Wildman–Crippen MR) is 93.7 cm³/mol. The van der Waals surface area contributed by atoms with Crippen molar-refractivity contribution in [2.45, 2.75) is 39.7 Å². The lowest BCUT2D eigenvalue weighted by Crippen LogP contribution is -2.38. The number of likely N-dealkylation sites (tertiary alicyclic amines) is 1. The largest absolute Gasteiger partial charge is 0.449 e. The number of carbonyl (C=O) groups excluding carboxylic acids is 2. The standard InChI is InChI=1S/C19H23N3O3/c1-13-12-14(2)22(20-13)17-8-6-16(7-9-17)19(24)25-15(3)18(23)21-10-4-5-11-21/h6-9,12,15H,4-5,10-11H2,1-3H3. The number of carbonyl (C=O) groups is 2. The molecule has 6 nitrogen and oxygen atoms in total. The maximum Gasteiger partial charge on any atom is 0.338 e. The number of ether oxygens (including phenoxy) is 1. The van der Waals surface area contributed by atoms with Gasteiger partial charge in [-0.05, 0) is 63.9 Å². The van der Waals surface area contributed by atoms with Crippen LogP contribution in [0.1, 0.15) is 41.5 Å². The Kier molecular flexibility index (Phi) is 4.88. The molecule has 1 saturated heterocycles. The molecule has 1 fully saturated rings. The minimum absolute atomic E-state index is 0.120. The van der Waals surface area contributed by atoms with Gasteiger partial charge in [-0.25, -0.2) is 9.48 Å². The number of rotatable bonds is 4. The highest BCUT2D eigenvalue weighted by Gasteiger charge is 2.26. The molecule has 2 aromatic rings. The van der Waals surface area contributed by atoms with Crippen LogP contribution < -0.4 is 0 Å². The molecule has 0 radical (unpaired) electrons. The highest BCUT2D eigenvalue weighted by Crippen LogP contribution is 2.15. The van der Waals surface area contributed by atoms with Crippen LogP contribution in [0.25, 0.3) is 5.69 Å². The molecular weight excluding hydrogens is 318 g/mol. The molecule has 0 spiro atoms. The van der Waals surface area contributed by atoms with Gasteiger partial charge in [0.25, 0.3) is 5.91 Å². The zero-order valence-electron chi connectivity index (χ0n) is 14.9. The van der Waals surface area contributed by atoms with Crippen LogP contribution in [0.2, 0.25) is 0 Å². The molecule has 0 N–H and O–H groups in total. The summed E-state index contributed by atoms with van der Waals surface area (Å²) < 4.78 is 7.15. The zero-order chi connectivity index (χ0) is 18.0. The van der Waals surface area contributed by atoms with Crippen molar-refractivity contribution in [1.82, 2.24) is 14.7 Å². The molecule has 25 heavy (non-hydrogen) atoms. The summed E-state index contributed by atoms with van der Waals surface area (Å²) in [4.78, 5) is 26.3. The Morgan fingerprint density at radius 2 is 1.76 bits per heavy atom. The number of aromatic nitrogens is 2. The molecule has 1 aliphatic rings. The van der Waals surface area contributed by atoms with Crippen LogP contribution in [0, 0.1) is 13.8 Å². The second kappa shape index (κ2) is 7.09. The lowest BCUT2D eigenvalue weighted by molar-refractivity contribution is -0.138. The Morgan fingerprint density at radius 3 is 2.32 bits per heavy atom. The van der Waals surface area contributed by atoms with Crippen LogP contribution >= 0.6 is 0 Å². The van der Waals surface area contributed by atoms with E-state index in [1.54, 1.807) is 24.0 Å². The molecule has 1 amide bonds. The summed E-state index contributed by atoms with van der Waals surface area (Å²) in [5, 5.41) is 4.42. The van der Waals surface area contributed by atoms with Gasteiger partial charge in [0, 0.05) is 18.8 Å². The summed E-state index contributed by atoms with van der Waals surface area (Å²) in [6.45, 7) is 7.04. The number of aryl methyl sites for hydroxylation is 2. The second-order valence-corrected chi connectivity index (χ2v) is 6.47. The SMILES string of the molecule is Cc1cc(C)n(-c2ccc(C(=O)OC(C)C(=O)N3CCCC3)cc2)n1. The lowest BCUT2D eigenvalue weighted by atomic mass is 10.2. The molecule has 1 atom stereocenters. The normalized spacial score (nSPS) is 15.2. The first kappa shape index (κ1) is 17.2. The van der Waals surface area contributed by atoms with Gasteiger partial charge in [-0.15, -0.1) is 0 Å². The fraction of sp³-hybridized carbons (Fsp3) is 0.421. The maximum atomic E-state index is 12.3. The molecule has 0 saturated carbocycles. The quantitative estimate of drug-likeness (QED) is 0.802. The van der Waals surface area contributed by atoms with E-state index in [-0.39, 0.29) is 5.91 Å². The molecule has 1 unspecified atom stereocenters. The van der Waals surface area contributed by atoms with Crippen LogP contribution in [0.15, 0.2) is 30.3 Å². The number of nitrogens with zero attached hydrogens (tertiary/aromatic N) is 3. The Balaban J connectivity index is 1.66. The molecule has 1 aromatic carbocycles. The van der Waals surface area contributed by atoms with Gasteiger partial charge in [-0.2, -0.15) is 5.10 Å². The summed E-state index contributed by atoms with van der Waals surface area (Å²) in [5.74, 6) is -0.606. The first-order valence-electron chi connectivity index (χ1n) is 8.59. The van der Waals surface area contributed by atoms with Gasteiger partial charge in [0.1, 0.15) is 0 Å². The average Bonchev–Trinajstić information content (AvgIpc) is 3.23. The van der Waals surface area contributed by atoms with Gasteiger partial charge in [0.05, 0.1) is 16.9 Å². The van der Waals surface area contributed by atoms with Crippen molar-refractivity contribution in [3.63, 3.8) is 0 Å². The van der Waals surface area contributed by atoms with Gasteiger partial charge in [-0.1, -0.05) is 0 Å². The molecule has 6 heteroatoms. The third-order valence-electron chi connectivity index (χ3n) is 4.41. The van der Waals surface area contributed by atoms with E-state index in [0.717, 1.165) is 43.0 Å². The third kappa shape index (κ3) is 3.73. The lowest BCUT2D eigenvalue weighted by Gasteiger charge is -2.20. The van der Waals surface area contributed by atoms with Gasteiger partial charge in [0.2, 0.25) is 0 Å². The Labute approximate surface area is 147 Å². The average molecular weight is 341 g/mol. The van der Waals surface area contributed by atoms with Crippen LogP contribution in [0.5, 0.6) is 0 Å². The summed E-state index contributed by atoms with van der Waals surface area (Å²) in [6, 6.07) is 9.03. The van der Waals surface area contributed by atoms with Crippen molar-refractivity contribution in [1.29, 1.82) is 0 Å². The second-order valence-electron chi connectivity index (χ2n) is 6.47. The van der Waals surface area contributed by atoms with E-state index >= 15 is 0 Å². The first-order valence-corrected chi connectivity index (χ1v) is 8.59. The number of hydrogen-bond donors (Lipinski definition) is 0. The molecular formula is C19H23N3O3. The summed E-state index contributed by atoms with van der Waals surface area (Å²) in [7, 11) is 0. The molecule has 0 bridgehead atoms. The topological polar surface area (TPSA) is 64.4 Å². The third-order valence-corrected chi connectivity index (χ3v) is 4.41. The van der Waals surface area contributed by atoms with Crippen LogP contribution in [-0.4, -0.2) is 45.8 Å². The smallest absolute Gasteiger partial charge is 0.338 e. The van der Waals surface area contributed by atoms with Gasteiger partial charge >= 0.3 is 5.97 Å². The molecule has 1 aromatic heterocycles. The Hall–Kier alpha value is -2.63. The highest BCUT2D eigenvalue weighted by molar-refractivity contribution is 5.92. The van der Waals surface area contributed by atoms with Crippen molar-refractivity contribution in [3.05, 3.63) is 47.3 Å². The molecule has 132 valence electrons. The molecule has 1 aliphatic heterocycles. The zero-order valence-corrected chi connectivity index (χ0v) is 14.9.